The number of sulfonamides is 1. The third kappa shape index (κ3) is 2.34. The van der Waals surface area contributed by atoms with Gasteiger partial charge < -0.3 is 4.42 Å². The van der Waals surface area contributed by atoms with Crippen LogP contribution in [0.15, 0.2) is 29.0 Å². The lowest BCUT2D eigenvalue weighted by atomic mass is 10.2. The maximum atomic E-state index is 10.9. The predicted octanol–water partition coefficient (Wildman–Crippen LogP) is 0.877. The Bertz CT molecular complexity index is 574. The topological polar surface area (TPSA) is 72.2 Å². The third-order valence-electron chi connectivity index (χ3n) is 1.94. The van der Waals surface area contributed by atoms with E-state index in [2.05, 4.69) is 9.71 Å². The fourth-order valence-corrected chi connectivity index (χ4v) is 1.68. The fourth-order valence-electron chi connectivity index (χ4n) is 1.28. The van der Waals surface area contributed by atoms with Gasteiger partial charge >= 0.3 is 0 Å². The van der Waals surface area contributed by atoms with E-state index < -0.39 is 10.0 Å². The Morgan fingerprint density at radius 3 is 3.00 bits per heavy atom. The minimum absolute atomic E-state index is 0.143. The highest BCUT2D eigenvalue weighted by molar-refractivity contribution is 7.88. The highest BCUT2D eigenvalue weighted by Crippen LogP contribution is 2.17. The maximum Gasteiger partial charge on any atom is 0.209 e. The summed E-state index contributed by atoms with van der Waals surface area (Å²) in [6, 6.07) is 3.61. The molecule has 15 heavy (non-hydrogen) atoms. The normalized spacial score (nSPS) is 12.1. The van der Waals surface area contributed by atoms with Crippen LogP contribution in [0, 0.1) is 0 Å². The third-order valence-corrected chi connectivity index (χ3v) is 2.61. The van der Waals surface area contributed by atoms with Gasteiger partial charge in [-0.2, -0.15) is 0 Å². The van der Waals surface area contributed by atoms with Gasteiger partial charge in [-0.05, 0) is 12.1 Å². The van der Waals surface area contributed by atoms with Gasteiger partial charge in [0.25, 0.3) is 0 Å². The SMILES string of the molecule is CS(=O)(=O)NCc1nccc2ccoc12. The first-order chi connectivity index (χ1) is 7.06. The quantitative estimate of drug-likeness (QED) is 0.843. The molecule has 2 aromatic rings. The van der Waals surface area contributed by atoms with E-state index in [1.165, 1.54) is 0 Å². The summed E-state index contributed by atoms with van der Waals surface area (Å²) in [6.07, 6.45) is 4.28. The minimum atomic E-state index is -3.21. The summed E-state index contributed by atoms with van der Waals surface area (Å²) >= 11 is 0. The van der Waals surface area contributed by atoms with Crippen LogP contribution in [0.25, 0.3) is 11.0 Å². The molecule has 0 aromatic carbocycles. The average Bonchev–Trinajstić information content (AvgIpc) is 2.61. The van der Waals surface area contributed by atoms with Crippen LogP contribution in [0.3, 0.4) is 0 Å². The predicted molar refractivity (Wildman–Crippen MR) is 55.7 cm³/mol. The van der Waals surface area contributed by atoms with Gasteiger partial charge in [0.15, 0.2) is 5.58 Å². The van der Waals surface area contributed by atoms with E-state index in [-0.39, 0.29) is 6.54 Å². The second kappa shape index (κ2) is 3.63. The zero-order valence-corrected chi connectivity index (χ0v) is 8.91. The summed E-state index contributed by atoms with van der Waals surface area (Å²) in [5, 5.41) is 0.912. The Balaban J connectivity index is 2.32. The van der Waals surface area contributed by atoms with E-state index in [1.807, 2.05) is 6.07 Å². The highest BCUT2D eigenvalue weighted by Gasteiger charge is 2.07. The van der Waals surface area contributed by atoms with Gasteiger partial charge in [0.05, 0.1) is 24.8 Å². The molecule has 2 rings (SSSR count). The molecule has 2 aromatic heterocycles. The molecule has 0 amide bonds. The Morgan fingerprint density at radius 1 is 1.47 bits per heavy atom. The highest BCUT2D eigenvalue weighted by atomic mass is 32.2. The lowest BCUT2D eigenvalue weighted by molar-refractivity contribution is 0.583. The largest absolute Gasteiger partial charge is 0.462 e. The van der Waals surface area contributed by atoms with Crippen molar-refractivity contribution in [3.8, 4) is 0 Å². The summed E-state index contributed by atoms with van der Waals surface area (Å²) in [5.41, 5.74) is 1.21. The van der Waals surface area contributed by atoms with Gasteiger partial charge in [-0.1, -0.05) is 0 Å². The molecule has 0 bridgehead atoms. The van der Waals surface area contributed by atoms with Crippen LogP contribution in [0.4, 0.5) is 0 Å². The molecule has 0 saturated carbocycles. The summed E-state index contributed by atoms with van der Waals surface area (Å²) in [5.74, 6) is 0. The van der Waals surface area contributed by atoms with E-state index in [0.717, 1.165) is 11.6 Å². The minimum Gasteiger partial charge on any atom is -0.462 e. The number of pyridine rings is 1. The Morgan fingerprint density at radius 2 is 2.27 bits per heavy atom. The van der Waals surface area contributed by atoms with Crippen LogP contribution >= 0.6 is 0 Å². The summed E-state index contributed by atoms with van der Waals surface area (Å²) in [6.45, 7) is 0.143. The van der Waals surface area contributed by atoms with Crippen molar-refractivity contribution < 1.29 is 12.8 Å². The molecule has 80 valence electrons. The Hall–Kier alpha value is -1.40. The number of aromatic nitrogens is 1. The van der Waals surface area contributed by atoms with Crippen molar-refractivity contribution in [1.82, 2.24) is 9.71 Å². The zero-order chi connectivity index (χ0) is 10.9. The first-order valence-corrected chi connectivity index (χ1v) is 6.21. The second-order valence-corrected chi connectivity index (χ2v) is 5.02. The first kappa shape index (κ1) is 10.1. The molecule has 1 N–H and O–H groups in total. The van der Waals surface area contributed by atoms with Crippen molar-refractivity contribution in [1.29, 1.82) is 0 Å². The monoisotopic (exact) mass is 226 g/mol. The number of rotatable bonds is 3. The van der Waals surface area contributed by atoms with Crippen molar-refractivity contribution in [2.75, 3.05) is 6.26 Å². The van der Waals surface area contributed by atoms with Crippen molar-refractivity contribution >= 4 is 21.0 Å². The van der Waals surface area contributed by atoms with E-state index in [0.29, 0.717) is 11.3 Å². The summed E-state index contributed by atoms with van der Waals surface area (Å²) < 4.78 is 29.4. The second-order valence-electron chi connectivity index (χ2n) is 3.19. The van der Waals surface area contributed by atoms with E-state index in [4.69, 9.17) is 4.42 Å². The molecule has 0 fully saturated rings. The van der Waals surface area contributed by atoms with Crippen molar-refractivity contribution in [2.45, 2.75) is 6.54 Å². The van der Waals surface area contributed by atoms with Crippen LogP contribution in [-0.4, -0.2) is 19.7 Å². The van der Waals surface area contributed by atoms with Crippen LogP contribution < -0.4 is 4.72 Å². The average molecular weight is 226 g/mol. The molecule has 0 aliphatic rings. The molecule has 0 spiro atoms. The van der Waals surface area contributed by atoms with Gasteiger partial charge in [-0.3, -0.25) is 4.98 Å². The lowest BCUT2D eigenvalue weighted by Gasteiger charge is -2.01. The number of fused-ring (bicyclic) bond motifs is 1. The maximum absolute atomic E-state index is 10.9. The van der Waals surface area contributed by atoms with E-state index in [9.17, 15) is 8.42 Å². The molecule has 6 heteroatoms. The van der Waals surface area contributed by atoms with E-state index >= 15 is 0 Å². The molecule has 0 atom stereocenters. The molecule has 0 aliphatic carbocycles. The molecule has 0 aliphatic heterocycles. The number of nitrogens with zero attached hydrogens (tertiary/aromatic N) is 1. The van der Waals surface area contributed by atoms with Crippen molar-refractivity contribution in [3.05, 3.63) is 30.3 Å². The summed E-state index contributed by atoms with van der Waals surface area (Å²) in [7, 11) is -3.21. The molecule has 0 radical (unpaired) electrons. The van der Waals surface area contributed by atoms with Gasteiger partial charge in [0.1, 0.15) is 0 Å². The molecule has 2 heterocycles. The van der Waals surface area contributed by atoms with Crippen molar-refractivity contribution in [2.24, 2.45) is 0 Å². The van der Waals surface area contributed by atoms with Crippen LogP contribution in [0.2, 0.25) is 0 Å². The Labute approximate surface area is 87.2 Å². The standard InChI is InChI=1S/C9H10N2O3S/c1-15(12,13)11-6-8-9-7(2-4-10-8)3-5-14-9/h2-5,11H,6H2,1H3. The van der Waals surface area contributed by atoms with Crippen molar-refractivity contribution in [3.63, 3.8) is 0 Å². The smallest absolute Gasteiger partial charge is 0.209 e. The van der Waals surface area contributed by atoms with Crippen LogP contribution in [0.5, 0.6) is 0 Å². The number of hydrogen-bond acceptors (Lipinski definition) is 4. The first-order valence-electron chi connectivity index (χ1n) is 4.32. The van der Waals surface area contributed by atoms with Gasteiger partial charge in [0.2, 0.25) is 10.0 Å². The van der Waals surface area contributed by atoms with Gasteiger partial charge in [-0.25, -0.2) is 13.1 Å². The molecular weight excluding hydrogens is 216 g/mol. The van der Waals surface area contributed by atoms with Gasteiger partial charge in [0, 0.05) is 11.6 Å². The number of furan rings is 1. The number of nitrogens with one attached hydrogen (secondary N) is 1. The molecule has 5 nitrogen and oxygen atoms in total. The fraction of sp³-hybridized carbons (Fsp3) is 0.222. The zero-order valence-electron chi connectivity index (χ0n) is 8.10. The van der Waals surface area contributed by atoms with Gasteiger partial charge in [-0.15, -0.1) is 0 Å². The van der Waals surface area contributed by atoms with Crippen LogP contribution in [0.1, 0.15) is 5.69 Å². The molecular formula is C9H10N2O3S. The summed E-state index contributed by atoms with van der Waals surface area (Å²) in [4.78, 5) is 4.06. The van der Waals surface area contributed by atoms with E-state index in [1.54, 1.807) is 18.5 Å². The lowest BCUT2D eigenvalue weighted by Crippen LogP contribution is -2.21. The Kier molecular flexibility index (Phi) is 2.45. The molecule has 0 unspecified atom stereocenters. The molecule has 0 saturated heterocycles. The van der Waals surface area contributed by atoms with Crippen LogP contribution in [-0.2, 0) is 16.6 Å². The number of hydrogen-bond donors (Lipinski definition) is 1.